The summed E-state index contributed by atoms with van der Waals surface area (Å²) in [5, 5.41) is 15.6. The summed E-state index contributed by atoms with van der Waals surface area (Å²) in [6.07, 6.45) is 3.33. The average molecular weight is 194 g/mol. The lowest BCUT2D eigenvalue weighted by atomic mass is 10.3. The van der Waals surface area contributed by atoms with Gasteiger partial charge in [0, 0.05) is 6.61 Å². The van der Waals surface area contributed by atoms with Crippen LogP contribution >= 0.6 is 12.6 Å². The van der Waals surface area contributed by atoms with Crippen LogP contribution in [0.2, 0.25) is 0 Å². The second-order valence-electron chi connectivity index (χ2n) is 2.44. The fourth-order valence-corrected chi connectivity index (χ4v) is 0.362. The Morgan fingerprint density at radius 1 is 1.50 bits per heavy atom. The van der Waals surface area contributed by atoms with E-state index in [9.17, 15) is 4.79 Å². The van der Waals surface area contributed by atoms with E-state index in [1.54, 1.807) is 0 Å². The quantitative estimate of drug-likeness (QED) is 0.470. The number of unbranched alkanes of at least 4 members (excludes halogenated alkanes) is 2. The van der Waals surface area contributed by atoms with Gasteiger partial charge in [-0.05, 0) is 13.3 Å². The number of hydrogen-bond donors (Lipinski definition) is 3. The van der Waals surface area contributed by atoms with Crippen LogP contribution < -0.4 is 0 Å². The zero-order valence-corrected chi connectivity index (χ0v) is 8.55. The van der Waals surface area contributed by atoms with Crippen molar-refractivity contribution in [3.05, 3.63) is 0 Å². The Morgan fingerprint density at radius 2 is 1.92 bits per heavy atom. The van der Waals surface area contributed by atoms with Crippen LogP contribution in [0.5, 0.6) is 0 Å². The first-order valence-corrected chi connectivity index (χ1v) is 4.59. The van der Waals surface area contributed by atoms with Crippen molar-refractivity contribution in [1.29, 1.82) is 0 Å². The van der Waals surface area contributed by atoms with Crippen molar-refractivity contribution >= 4 is 18.6 Å². The lowest BCUT2D eigenvalue weighted by molar-refractivity contribution is -0.136. The van der Waals surface area contributed by atoms with Crippen LogP contribution in [0.15, 0.2) is 0 Å². The Balaban J connectivity index is 0. The number of hydrogen-bond acceptors (Lipinski definition) is 3. The van der Waals surface area contributed by atoms with Crippen molar-refractivity contribution in [2.24, 2.45) is 0 Å². The summed E-state index contributed by atoms with van der Waals surface area (Å²) in [6.45, 7) is 3.98. The Hall–Kier alpha value is -0.220. The van der Waals surface area contributed by atoms with Gasteiger partial charge in [0.2, 0.25) is 0 Å². The molecule has 1 atom stereocenters. The van der Waals surface area contributed by atoms with Gasteiger partial charge in [0.15, 0.2) is 0 Å². The molecule has 3 nitrogen and oxygen atoms in total. The molecule has 12 heavy (non-hydrogen) atoms. The summed E-state index contributed by atoms with van der Waals surface area (Å²) in [7, 11) is 0. The lowest BCUT2D eigenvalue weighted by Gasteiger charge is -1.88. The SMILES string of the molecule is CC(S)C(=O)O.CCCCCO. The minimum Gasteiger partial charge on any atom is -0.480 e. The number of aliphatic carboxylic acids is 1. The maximum Gasteiger partial charge on any atom is 0.316 e. The highest BCUT2D eigenvalue weighted by Gasteiger charge is 2.00. The van der Waals surface area contributed by atoms with E-state index in [4.69, 9.17) is 10.2 Å². The van der Waals surface area contributed by atoms with E-state index in [1.165, 1.54) is 13.3 Å². The molecule has 0 aliphatic carbocycles. The molecular formula is C8H18O3S. The molecule has 0 bridgehead atoms. The minimum absolute atomic E-state index is 0.355. The van der Waals surface area contributed by atoms with Gasteiger partial charge in [-0.2, -0.15) is 12.6 Å². The summed E-state index contributed by atoms with van der Waals surface area (Å²) >= 11 is 3.59. The van der Waals surface area contributed by atoms with E-state index in [0.29, 0.717) is 6.61 Å². The molecule has 0 heterocycles. The maximum absolute atomic E-state index is 9.62. The van der Waals surface area contributed by atoms with Gasteiger partial charge in [-0.1, -0.05) is 19.8 Å². The molecule has 4 heteroatoms. The number of carboxylic acids is 1. The summed E-state index contributed by atoms with van der Waals surface area (Å²) in [5.41, 5.74) is 0. The zero-order chi connectivity index (χ0) is 9.98. The van der Waals surface area contributed by atoms with E-state index in [0.717, 1.165) is 12.8 Å². The molecule has 0 saturated heterocycles. The van der Waals surface area contributed by atoms with Crippen LogP contribution in [0.4, 0.5) is 0 Å². The molecule has 0 amide bonds. The fourth-order valence-electron chi connectivity index (χ4n) is 0.362. The zero-order valence-electron chi connectivity index (χ0n) is 7.66. The lowest BCUT2D eigenvalue weighted by Crippen LogP contribution is -2.06. The van der Waals surface area contributed by atoms with Crippen LogP contribution in [-0.4, -0.2) is 28.0 Å². The fraction of sp³-hybridized carbons (Fsp3) is 0.875. The van der Waals surface area contributed by atoms with Gasteiger partial charge in [0.1, 0.15) is 0 Å². The van der Waals surface area contributed by atoms with Crippen molar-refractivity contribution in [2.45, 2.75) is 38.4 Å². The van der Waals surface area contributed by atoms with E-state index >= 15 is 0 Å². The maximum atomic E-state index is 9.62. The number of carboxylic acid groups (broad SMARTS) is 1. The van der Waals surface area contributed by atoms with Crippen molar-refractivity contribution in [3.63, 3.8) is 0 Å². The highest BCUT2D eigenvalue weighted by Crippen LogP contribution is 1.89. The van der Waals surface area contributed by atoms with Crippen molar-refractivity contribution in [2.75, 3.05) is 6.61 Å². The molecule has 0 aromatic carbocycles. The van der Waals surface area contributed by atoms with Crippen molar-refractivity contribution in [3.8, 4) is 0 Å². The van der Waals surface area contributed by atoms with Gasteiger partial charge in [-0.15, -0.1) is 0 Å². The molecule has 0 fully saturated rings. The van der Waals surface area contributed by atoms with Gasteiger partial charge in [-0.25, -0.2) is 0 Å². The molecule has 0 aliphatic rings. The van der Waals surface area contributed by atoms with Gasteiger partial charge in [0.05, 0.1) is 5.25 Å². The third-order valence-corrected chi connectivity index (χ3v) is 1.34. The Labute approximate surface area is 79.2 Å². The molecule has 0 spiro atoms. The summed E-state index contributed by atoms with van der Waals surface area (Å²) in [6, 6.07) is 0. The molecule has 0 aliphatic heterocycles. The van der Waals surface area contributed by atoms with Gasteiger partial charge < -0.3 is 10.2 Å². The van der Waals surface area contributed by atoms with Gasteiger partial charge >= 0.3 is 5.97 Å². The molecule has 74 valence electrons. The van der Waals surface area contributed by atoms with Crippen LogP contribution in [0.3, 0.4) is 0 Å². The van der Waals surface area contributed by atoms with Crippen LogP contribution in [0.25, 0.3) is 0 Å². The van der Waals surface area contributed by atoms with E-state index in [1.807, 2.05) is 0 Å². The molecule has 0 aromatic rings. The predicted molar refractivity (Wildman–Crippen MR) is 52.7 cm³/mol. The Kier molecular flexibility index (Phi) is 12.9. The number of aliphatic hydroxyl groups excluding tert-OH is 1. The monoisotopic (exact) mass is 194 g/mol. The molecule has 0 aromatic heterocycles. The Bertz CT molecular complexity index is 100. The molecule has 1 unspecified atom stereocenters. The van der Waals surface area contributed by atoms with Crippen molar-refractivity contribution in [1.82, 2.24) is 0 Å². The topological polar surface area (TPSA) is 57.5 Å². The Morgan fingerprint density at radius 3 is 2.00 bits per heavy atom. The van der Waals surface area contributed by atoms with Gasteiger partial charge in [0.25, 0.3) is 0 Å². The van der Waals surface area contributed by atoms with Crippen LogP contribution in [-0.2, 0) is 4.79 Å². The molecule has 0 saturated carbocycles. The van der Waals surface area contributed by atoms with Gasteiger partial charge in [-0.3, -0.25) is 4.79 Å². The second-order valence-corrected chi connectivity index (χ2v) is 3.22. The first-order valence-electron chi connectivity index (χ1n) is 4.08. The number of aliphatic hydroxyl groups is 1. The summed E-state index contributed by atoms with van der Waals surface area (Å²) < 4.78 is 0. The summed E-state index contributed by atoms with van der Waals surface area (Å²) in [5.74, 6) is -0.877. The van der Waals surface area contributed by atoms with Crippen LogP contribution in [0, 0.1) is 0 Å². The number of thiol groups is 1. The molecule has 2 N–H and O–H groups in total. The first kappa shape index (κ1) is 14.3. The minimum atomic E-state index is -0.877. The third-order valence-electron chi connectivity index (χ3n) is 1.12. The number of rotatable bonds is 4. The highest BCUT2D eigenvalue weighted by molar-refractivity contribution is 7.81. The smallest absolute Gasteiger partial charge is 0.316 e. The van der Waals surface area contributed by atoms with Crippen LogP contribution in [0.1, 0.15) is 33.1 Å². The molecular weight excluding hydrogens is 176 g/mol. The highest BCUT2D eigenvalue weighted by atomic mass is 32.1. The normalized spacial score (nSPS) is 11.3. The number of carbonyl (C=O) groups is 1. The van der Waals surface area contributed by atoms with E-state index < -0.39 is 11.2 Å². The molecule has 0 radical (unpaired) electrons. The predicted octanol–water partition coefficient (Wildman–Crippen LogP) is 1.56. The first-order chi connectivity index (χ1) is 5.56. The van der Waals surface area contributed by atoms with E-state index in [2.05, 4.69) is 19.6 Å². The summed E-state index contributed by atoms with van der Waals surface area (Å²) in [4.78, 5) is 9.62. The van der Waals surface area contributed by atoms with E-state index in [-0.39, 0.29) is 0 Å². The molecule has 0 rings (SSSR count). The average Bonchev–Trinajstić information content (AvgIpc) is 2.02. The largest absolute Gasteiger partial charge is 0.480 e. The van der Waals surface area contributed by atoms with Crippen molar-refractivity contribution < 1.29 is 15.0 Å². The third kappa shape index (κ3) is 16.4. The second kappa shape index (κ2) is 10.8. The standard InChI is InChI=1S/C5H12O.C3H6O2S/c1-2-3-4-5-6;1-2(6)3(4)5/h6H,2-5H2,1H3;2,6H,1H3,(H,4,5).